The van der Waals surface area contributed by atoms with E-state index < -0.39 is 12.0 Å². The maximum atomic E-state index is 12.6. The van der Waals surface area contributed by atoms with Gasteiger partial charge < -0.3 is 19.9 Å². The van der Waals surface area contributed by atoms with E-state index in [1.165, 1.54) is 11.2 Å². The molecule has 0 aliphatic carbocycles. The number of amides is 2. The zero-order chi connectivity index (χ0) is 15.7. The first-order valence-electron chi connectivity index (χ1n) is 7.10. The van der Waals surface area contributed by atoms with Crippen molar-refractivity contribution in [1.82, 2.24) is 19.8 Å². The van der Waals surface area contributed by atoms with E-state index in [0.717, 1.165) is 11.4 Å². The number of imidazole rings is 1. The molecule has 1 aromatic rings. The Morgan fingerprint density at radius 3 is 2.71 bits per heavy atom. The average molecular weight is 294 g/mol. The van der Waals surface area contributed by atoms with Gasteiger partial charge in [-0.05, 0) is 12.8 Å². The third-order valence-electron chi connectivity index (χ3n) is 4.31. The van der Waals surface area contributed by atoms with Crippen LogP contribution in [0.1, 0.15) is 32.2 Å². The SMILES string of the molecule is CC(C)C(C)N(C)C(=O)N1Cc2[nH]cnc2CC1C(=O)O. The van der Waals surface area contributed by atoms with Gasteiger partial charge in [-0.25, -0.2) is 14.6 Å². The third kappa shape index (κ3) is 2.86. The lowest BCUT2D eigenvalue weighted by Crippen LogP contribution is -2.54. The number of carbonyl (C=O) groups is 2. The lowest BCUT2D eigenvalue weighted by molar-refractivity contribution is -0.143. The van der Waals surface area contributed by atoms with Crippen molar-refractivity contribution >= 4 is 12.0 Å². The molecule has 2 unspecified atom stereocenters. The first-order chi connectivity index (χ1) is 9.82. The highest BCUT2D eigenvalue weighted by molar-refractivity contribution is 5.83. The molecule has 21 heavy (non-hydrogen) atoms. The lowest BCUT2D eigenvalue weighted by Gasteiger charge is -2.38. The maximum absolute atomic E-state index is 12.6. The largest absolute Gasteiger partial charge is 0.480 e. The van der Waals surface area contributed by atoms with Gasteiger partial charge in [-0.1, -0.05) is 13.8 Å². The van der Waals surface area contributed by atoms with Gasteiger partial charge in [0.1, 0.15) is 6.04 Å². The zero-order valence-corrected chi connectivity index (χ0v) is 12.8. The second-order valence-electron chi connectivity index (χ2n) is 5.89. The topological polar surface area (TPSA) is 89.5 Å². The molecule has 1 aliphatic heterocycles. The summed E-state index contributed by atoms with van der Waals surface area (Å²) in [5.41, 5.74) is 1.54. The van der Waals surface area contributed by atoms with Crippen LogP contribution in [0.3, 0.4) is 0 Å². The van der Waals surface area contributed by atoms with E-state index in [0.29, 0.717) is 5.92 Å². The minimum absolute atomic E-state index is 0.0371. The van der Waals surface area contributed by atoms with E-state index in [9.17, 15) is 14.7 Å². The van der Waals surface area contributed by atoms with Crippen molar-refractivity contribution < 1.29 is 14.7 Å². The van der Waals surface area contributed by atoms with Crippen LogP contribution in [0.15, 0.2) is 6.33 Å². The number of urea groups is 1. The molecule has 1 aliphatic rings. The fourth-order valence-electron chi connectivity index (χ4n) is 2.48. The molecule has 116 valence electrons. The number of nitrogens with one attached hydrogen (secondary N) is 1. The van der Waals surface area contributed by atoms with Gasteiger partial charge in [0, 0.05) is 19.5 Å². The number of H-pyrrole nitrogens is 1. The molecule has 0 saturated heterocycles. The number of fused-ring (bicyclic) bond motifs is 1. The van der Waals surface area contributed by atoms with Gasteiger partial charge in [-0.15, -0.1) is 0 Å². The molecule has 7 nitrogen and oxygen atoms in total. The van der Waals surface area contributed by atoms with Crippen LogP contribution in [0.5, 0.6) is 0 Å². The minimum atomic E-state index is -0.998. The summed E-state index contributed by atoms with van der Waals surface area (Å²) < 4.78 is 0. The number of nitrogens with zero attached hydrogens (tertiary/aromatic N) is 3. The van der Waals surface area contributed by atoms with Crippen molar-refractivity contribution in [2.24, 2.45) is 5.92 Å². The summed E-state index contributed by atoms with van der Waals surface area (Å²) in [6.07, 6.45) is 1.78. The third-order valence-corrected chi connectivity index (χ3v) is 4.31. The van der Waals surface area contributed by atoms with Gasteiger partial charge >= 0.3 is 12.0 Å². The molecule has 7 heteroatoms. The number of rotatable bonds is 3. The second-order valence-corrected chi connectivity index (χ2v) is 5.89. The minimum Gasteiger partial charge on any atom is -0.480 e. The summed E-state index contributed by atoms with van der Waals surface area (Å²) in [5.74, 6) is -0.697. The highest BCUT2D eigenvalue weighted by Gasteiger charge is 2.38. The van der Waals surface area contributed by atoms with Gasteiger partial charge in [0.2, 0.25) is 0 Å². The van der Waals surface area contributed by atoms with E-state index in [4.69, 9.17) is 0 Å². The highest BCUT2D eigenvalue weighted by Crippen LogP contribution is 2.23. The van der Waals surface area contributed by atoms with Crippen LogP contribution in [-0.4, -0.2) is 56.0 Å². The summed E-state index contributed by atoms with van der Waals surface area (Å²) >= 11 is 0. The van der Waals surface area contributed by atoms with Crippen molar-refractivity contribution in [1.29, 1.82) is 0 Å². The molecular weight excluding hydrogens is 272 g/mol. The number of carboxylic acids is 1. The van der Waals surface area contributed by atoms with Gasteiger partial charge in [0.25, 0.3) is 0 Å². The zero-order valence-electron chi connectivity index (χ0n) is 12.8. The van der Waals surface area contributed by atoms with E-state index >= 15 is 0 Å². The van der Waals surface area contributed by atoms with Crippen LogP contribution in [-0.2, 0) is 17.8 Å². The molecule has 0 aromatic carbocycles. The highest BCUT2D eigenvalue weighted by atomic mass is 16.4. The van der Waals surface area contributed by atoms with Gasteiger partial charge in [0.15, 0.2) is 0 Å². The molecule has 2 rings (SSSR count). The number of hydrogen-bond acceptors (Lipinski definition) is 3. The number of aromatic nitrogens is 2. The Kier molecular flexibility index (Phi) is 4.20. The normalized spacial score (nSPS) is 19.3. The van der Waals surface area contributed by atoms with Crippen LogP contribution in [0.25, 0.3) is 0 Å². The summed E-state index contributed by atoms with van der Waals surface area (Å²) in [6.45, 7) is 6.28. The van der Waals surface area contributed by atoms with Crippen molar-refractivity contribution in [3.63, 3.8) is 0 Å². The number of hydrogen-bond donors (Lipinski definition) is 2. The predicted octanol–water partition coefficient (Wildman–Crippen LogP) is 1.32. The van der Waals surface area contributed by atoms with Crippen molar-refractivity contribution in [3.8, 4) is 0 Å². The quantitative estimate of drug-likeness (QED) is 0.879. The summed E-state index contributed by atoms with van der Waals surface area (Å²) in [6, 6.07) is -1.09. The Balaban J connectivity index is 2.24. The van der Waals surface area contributed by atoms with Gasteiger partial charge in [0.05, 0.1) is 24.3 Å². The van der Waals surface area contributed by atoms with E-state index in [2.05, 4.69) is 9.97 Å². The fourth-order valence-corrected chi connectivity index (χ4v) is 2.48. The molecule has 0 saturated carbocycles. The Bertz CT molecular complexity index is 540. The van der Waals surface area contributed by atoms with Crippen molar-refractivity contribution in [2.45, 2.75) is 45.8 Å². The molecule has 1 aromatic heterocycles. The predicted molar refractivity (Wildman–Crippen MR) is 76.7 cm³/mol. The second kappa shape index (κ2) is 5.75. The number of aromatic amines is 1. The monoisotopic (exact) mass is 294 g/mol. The maximum Gasteiger partial charge on any atom is 0.326 e. The molecule has 0 spiro atoms. The average Bonchev–Trinajstić information content (AvgIpc) is 2.90. The molecule has 0 bridgehead atoms. The van der Waals surface area contributed by atoms with Crippen molar-refractivity contribution in [2.75, 3.05) is 7.05 Å². The Hall–Kier alpha value is -2.05. The molecular formula is C14H22N4O3. The van der Waals surface area contributed by atoms with E-state index in [1.807, 2.05) is 20.8 Å². The van der Waals surface area contributed by atoms with Gasteiger partial charge in [-0.2, -0.15) is 0 Å². The van der Waals surface area contributed by atoms with Crippen LogP contribution < -0.4 is 0 Å². The standard InChI is InChI=1S/C14H22N4O3/c1-8(2)9(3)17(4)14(21)18-6-11-10(15-7-16-11)5-12(18)13(19)20/h7-9,12H,5-6H2,1-4H3,(H,15,16)(H,19,20). The summed E-state index contributed by atoms with van der Waals surface area (Å²) in [7, 11) is 1.72. The van der Waals surface area contributed by atoms with E-state index in [1.54, 1.807) is 11.9 Å². The van der Waals surface area contributed by atoms with Gasteiger partial charge in [-0.3, -0.25) is 0 Å². The molecule has 2 N–H and O–H groups in total. The number of carbonyl (C=O) groups excluding carboxylic acids is 1. The van der Waals surface area contributed by atoms with E-state index in [-0.39, 0.29) is 25.0 Å². The molecule has 2 atom stereocenters. The molecule has 2 heterocycles. The Morgan fingerprint density at radius 2 is 2.14 bits per heavy atom. The fraction of sp³-hybridized carbons (Fsp3) is 0.643. The van der Waals surface area contributed by atoms with Crippen LogP contribution in [0, 0.1) is 5.92 Å². The Morgan fingerprint density at radius 1 is 1.48 bits per heavy atom. The number of aliphatic carboxylic acids is 1. The smallest absolute Gasteiger partial charge is 0.326 e. The van der Waals surface area contributed by atoms with Crippen molar-refractivity contribution in [3.05, 3.63) is 17.7 Å². The molecule has 0 radical (unpaired) electrons. The first-order valence-corrected chi connectivity index (χ1v) is 7.10. The first kappa shape index (κ1) is 15.3. The van der Waals surface area contributed by atoms with Crippen LogP contribution in [0.2, 0.25) is 0 Å². The summed E-state index contributed by atoms with van der Waals surface area (Å²) in [4.78, 5) is 34.2. The molecule has 2 amide bonds. The summed E-state index contributed by atoms with van der Waals surface area (Å²) in [5, 5.41) is 9.40. The van der Waals surface area contributed by atoms with Crippen LogP contribution in [0.4, 0.5) is 4.79 Å². The van der Waals surface area contributed by atoms with Crippen LogP contribution >= 0.6 is 0 Å². The molecule has 0 fully saturated rings. The Labute approximate surface area is 124 Å². The lowest BCUT2D eigenvalue weighted by atomic mass is 10.0. The number of carboxylic acid groups (broad SMARTS) is 1.